The highest BCUT2D eigenvalue weighted by atomic mass is 16.6. The van der Waals surface area contributed by atoms with Gasteiger partial charge in [-0.05, 0) is 31.7 Å². The summed E-state index contributed by atoms with van der Waals surface area (Å²) in [5.41, 5.74) is 1.15. The summed E-state index contributed by atoms with van der Waals surface area (Å²) in [6.45, 7) is 7.90. The van der Waals surface area contributed by atoms with Gasteiger partial charge in [0.1, 0.15) is 0 Å². The Balaban J connectivity index is 2.46. The first-order chi connectivity index (χ1) is 10.4. The standard InChI is InChI=1S/C17H26N2O3/c1-12(2)15(22-17(21)19-13(3)4)16(20)18-11-10-14-8-6-5-7-9-14/h5-9,12-13,15H,10-11H2,1-4H3,(H,18,20)(H,19,21). The Morgan fingerprint density at radius 3 is 2.27 bits per heavy atom. The van der Waals surface area contributed by atoms with Crippen LogP contribution in [0.2, 0.25) is 0 Å². The third-order valence-electron chi connectivity index (χ3n) is 3.06. The van der Waals surface area contributed by atoms with Crippen molar-refractivity contribution in [1.29, 1.82) is 0 Å². The summed E-state index contributed by atoms with van der Waals surface area (Å²) in [6.07, 6.45) is -0.600. The molecule has 0 fully saturated rings. The van der Waals surface area contributed by atoms with Crippen molar-refractivity contribution in [3.05, 3.63) is 35.9 Å². The van der Waals surface area contributed by atoms with E-state index in [1.165, 1.54) is 0 Å². The molecule has 1 unspecified atom stereocenters. The van der Waals surface area contributed by atoms with E-state index in [1.54, 1.807) is 0 Å². The van der Waals surface area contributed by atoms with E-state index in [4.69, 9.17) is 4.74 Å². The van der Waals surface area contributed by atoms with Gasteiger partial charge in [-0.1, -0.05) is 44.2 Å². The lowest BCUT2D eigenvalue weighted by molar-refractivity contribution is -0.131. The number of carbonyl (C=O) groups excluding carboxylic acids is 2. The molecular formula is C17H26N2O3. The lowest BCUT2D eigenvalue weighted by Gasteiger charge is -2.21. The first kappa shape index (κ1) is 18.0. The topological polar surface area (TPSA) is 67.4 Å². The number of hydrogen-bond donors (Lipinski definition) is 2. The summed E-state index contributed by atoms with van der Waals surface area (Å²) in [6, 6.07) is 9.89. The molecule has 1 aromatic carbocycles. The second-order valence-corrected chi connectivity index (χ2v) is 5.90. The van der Waals surface area contributed by atoms with E-state index in [2.05, 4.69) is 10.6 Å². The molecule has 1 aromatic rings. The molecule has 0 radical (unpaired) electrons. The van der Waals surface area contributed by atoms with E-state index in [0.29, 0.717) is 6.54 Å². The lowest BCUT2D eigenvalue weighted by atomic mass is 10.1. The summed E-state index contributed by atoms with van der Waals surface area (Å²) < 4.78 is 5.23. The van der Waals surface area contributed by atoms with E-state index >= 15 is 0 Å². The van der Waals surface area contributed by atoms with Crippen molar-refractivity contribution in [1.82, 2.24) is 10.6 Å². The van der Waals surface area contributed by atoms with Crippen LogP contribution in [0.15, 0.2) is 30.3 Å². The van der Waals surface area contributed by atoms with Crippen LogP contribution in [0.3, 0.4) is 0 Å². The Morgan fingerprint density at radius 1 is 1.09 bits per heavy atom. The van der Waals surface area contributed by atoms with Crippen LogP contribution in [-0.4, -0.2) is 30.7 Å². The predicted molar refractivity (Wildman–Crippen MR) is 86.5 cm³/mol. The van der Waals surface area contributed by atoms with Gasteiger partial charge in [0.05, 0.1) is 0 Å². The van der Waals surface area contributed by atoms with Crippen molar-refractivity contribution < 1.29 is 14.3 Å². The number of alkyl carbamates (subject to hydrolysis) is 1. The summed E-state index contributed by atoms with van der Waals surface area (Å²) in [5, 5.41) is 5.45. The summed E-state index contributed by atoms with van der Waals surface area (Å²) in [4.78, 5) is 23.8. The molecule has 0 saturated heterocycles. The van der Waals surface area contributed by atoms with Gasteiger partial charge >= 0.3 is 6.09 Å². The third-order valence-corrected chi connectivity index (χ3v) is 3.06. The number of amides is 2. The van der Waals surface area contributed by atoms with Crippen LogP contribution in [-0.2, 0) is 16.0 Å². The van der Waals surface area contributed by atoms with Crippen LogP contribution < -0.4 is 10.6 Å². The van der Waals surface area contributed by atoms with E-state index in [-0.39, 0.29) is 17.9 Å². The molecule has 0 saturated carbocycles. The summed E-state index contributed by atoms with van der Waals surface area (Å²) >= 11 is 0. The zero-order valence-corrected chi connectivity index (χ0v) is 13.8. The number of ether oxygens (including phenoxy) is 1. The van der Waals surface area contributed by atoms with Crippen LogP contribution in [0.25, 0.3) is 0 Å². The fourth-order valence-corrected chi connectivity index (χ4v) is 1.95. The Bertz CT molecular complexity index is 472. The van der Waals surface area contributed by atoms with Crippen LogP contribution in [0.5, 0.6) is 0 Å². The van der Waals surface area contributed by atoms with Crippen LogP contribution in [0.1, 0.15) is 33.3 Å². The highest BCUT2D eigenvalue weighted by Crippen LogP contribution is 2.08. The minimum absolute atomic E-state index is 0.0264. The molecule has 0 aliphatic carbocycles. The maximum atomic E-state index is 12.2. The molecule has 0 aromatic heterocycles. The average Bonchev–Trinajstić information content (AvgIpc) is 2.44. The largest absolute Gasteiger partial charge is 0.436 e. The molecule has 122 valence electrons. The fraction of sp³-hybridized carbons (Fsp3) is 0.529. The quantitative estimate of drug-likeness (QED) is 0.813. The number of benzene rings is 1. The van der Waals surface area contributed by atoms with Crippen molar-refractivity contribution >= 4 is 12.0 Å². The number of nitrogens with one attached hydrogen (secondary N) is 2. The van der Waals surface area contributed by atoms with Crippen molar-refractivity contribution in [3.63, 3.8) is 0 Å². The second kappa shape index (κ2) is 9.07. The molecule has 0 aliphatic heterocycles. The molecular weight excluding hydrogens is 280 g/mol. The number of rotatable bonds is 7. The third kappa shape index (κ3) is 6.61. The van der Waals surface area contributed by atoms with Crippen molar-refractivity contribution in [2.75, 3.05) is 6.54 Å². The van der Waals surface area contributed by atoms with Crippen LogP contribution in [0, 0.1) is 5.92 Å². The molecule has 2 amide bonds. The van der Waals surface area contributed by atoms with E-state index in [0.717, 1.165) is 12.0 Å². The predicted octanol–water partition coefficient (Wildman–Crippen LogP) is 2.50. The highest BCUT2D eigenvalue weighted by Gasteiger charge is 2.26. The van der Waals surface area contributed by atoms with Gasteiger partial charge in [0.15, 0.2) is 6.10 Å². The number of carbonyl (C=O) groups is 2. The zero-order valence-electron chi connectivity index (χ0n) is 13.8. The fourth-order valence-electron chi connectivity index (χ4n) is 1.95. The van der Waals surface area contributed by atoms with E-state index in [9.17, 15) is 9.59 Å². The van der Waals surface area contributed by atoms with Crippen molar-refractivity contribution in [2.24, 2.45) is 5.92 Å². The van der Waals surface area contributed by atoms with Gasteiger partial charge in [0.25, 0.3) is 5.91 Å². The molecule has 0 heterocycles. The van der Waals surface area contributed by atoms with Gasteiger partial charge in [-0.15, -0.1) is 0 Å². The Labute approximate surface area is 132 Å². The van der Waals surface area contributed by atoms with Crippen molar-refractivity contribution in [3.8, 4) is 0 Å². The molecule has 5 heteroatoms. The summed E-state index contributed by atoms with van der Waals surface area (Å²) in [5.74, 6) is -0.348. The first-order valence-electron chi connectivity index (χ1n) is 7.69. The second-order valence-electron chi connectivity index (χ2n) is 5.90. The minimum Gasteiger partial charge on any atom is -0.436 e. The molecule has 0 spiro atoms. The Hall–Kier alpha value is -2.04. The van der Waals surface area contributed by atoms with E-state index in [1.807, 2.05) is 58.0 Å². The molecule has 22 heavy (non-hydrogen) atoms. The molecule has 0 bridgehead atoms. The van der Waals surface area contributed by atoms with Crippen LogP contribution >= 0.6 is 0 Å². The monoisotopic (exact) mass is 306 g/mol. The van der Waals surface area contributed by atoms with Gasteiger partial charge in [0, 0.05) is 12.6 Å². The SMILES string of the molecule is CC(C)NC(=O)OC(C(=O)NCCc1ccccc1)C(C)C. The Morgan fingerprint density at radius 2 is 1.73 bits per heavy atom. The average molecular weight is 306 g/mol. The zero-order chi connectivity index (χ0) is 16.5. The maximum Gasteiger partial charge on any atom is 0.408 e. The molecule has 1 rings (SSSR count). The van der Waals surface area contributed by atoms with Crippen molar-refractivity contribution in [2.45, 2.75) is 46.3 Å². The van der Waals surface area contributed by atoms with Gasteiger partial charge in [0.2, 0.25) is 0 Å². The minimum atomic E-state index is -0.783. The van der Waals surface area contributed by atoms with Crippen LogP contribution in [0.4, 0.5) is 4.79 Å². The first-order valence-corrected chi connectivity index (χ1v) is 7.69. The molecule has 2 N–H and O–H groups in total. The van der Waals surface area contributed by atoms with Gasteiger partial charge in [-0.3, -0.25) is 4.79 Å². The Kier molecular flexibility index (Phi) is 7.43. The molecule has 5 nitrogen and oxygen atoms in total. The highest BCUT2D eigenvalue weighted by molar-refractivity contribution is 5.83. The van der Waals surface area contributed by atoms with Gasteiger partial charge in [-0.25, -0.2) is 4.79 Å². The van der Waals surface area contributed by atoms with Gasteiger partial charge < -0.3 is 15.4 Å². The molecule has 1 atom stereocenters. The molecule has 0 aliphatic rings. The van der Waals surface area contributed by atoms with E-state index < -0.39 is 12.2 Å². The normalized spacial score (nSPS) is 12.1. The smallest absolute Gasteiger partial charge is 0.408 e. The lowest BCUT2D eigenvalue weighted by Crippen LogP contribution is -2.44. The number of hydrogen-bond acceptors (Lipinski definition) is 3. The summed E-state index contributed by atoms with van der Waals surface area (Å²) in [7, 11) is 0. The maximum absolute atomic E-state index is 12.2. The van der Waals surface area contributed by atoms with Gasteiger partial charge in [-0.2, -0.15) is 0 Å².